The Balaban J connectivity index is 1.53. The summed E-state index contributed by atoms with van der Waals surface area (Å²) in [5, 5.41) is 10.7. The zero-order valence-electron chi connectivity index (χ0n) is 21.5. The van der Waals surface area contributed by atoms with Crippen molar-refractivity contribution in [2.45, 2.75) is 19.8 Å². The molecule has 5 rings (SSSR count). The van der Waals surface area contributed by atoms with E-state index in [1.807, 2.05) is 49.7 Å². The Bertz CT molecular complexity index is 1660. The lowest BCUT2D eigenvalue weighted by molar-refractivity contribution is 0.400. The molecule has 5 aromatic rings. The van der Waals surface area contributed by atoms with Crippen LogP contribution in [0.4, 0.5) is 0 Å². The minimum atomic E-state index is 0.794. The van der Waals surface area contributed by atoms with Crippen LogP contribution in [0.3, 0.4) is 0 Å². The first-order valence-corrected chi connectivity index (χ1v) is 12.4. The fraction of sp³-hybridized carbons (Fsp3) is 0.200. The Labute approximate surface area is 216 Å². The highest BCUT2D eigenvalue weighted by Gasteiger charge is 2.14. The van der Waals surface area contributed by atoms with Gasteiger partial charge in [0.25, 0.3) is 0 Å². The van der Waals surface area contributed by atoms with Crippen LogP contribution in [0.1, 0.15) is 24.5 Å². The zero-order valence-corrected chi connectivity index (χ0v) is 21.5. The van der Waals surface area contributed by atoms with Gasteiger partial charge in [0.2, 0.25) is 0 Å². The third-order valence-electron chi connectivity index (χ3n) is 6.40. The molecule has 0 amide bonds. The van der Waals surface area contributed by atoms with Gasteiger partial charge in [-0.25, -0.2) is 4.98 Å². The second kappa shape index (κ2) is 10.7. The number of nitrogens with one attached hydrogen (secondary N) is 2. The number of pyridine rings is 3. The second-order valence-electron chi connectivity index (χ2n) is 9.37. The van der Waals surface area contributed by atoms with Crippen LogP contribution in [-0.2, 0) is 6.42 Å². The summed E-state index contributed by atoms with van der Waals surface area (Å²) in [4.78, 5) is 19.2. The van der Waals surface area contributed by atoms with Crippen molar-refractivity contribution < 1.29 is 0 Å². The molecular weight excluding hydrogens is 458 g/mol. The molecule has 37 heavy (non-hydrogen) atoms. The lowest BCUT2D eigenvalue weighted by Crippen LogP contribution is -2.23. The fourth-order valence-electron chi connectivity index (χ4n) is 4.49. The lowest BCUT2D eigenvalue weighted by atomic mass is 10.0. The van der Waals surface area contributed by atoms with Gasteiger partial charge in [0.05, 0.1) is 16.7 Å². The summed E-state index contributed by atoms with van der Waals surface area (Å²) in [5.41, 5.74) is 7.53. The van der Waals surface area contributed by atoms with E-state index >= 15 is 0 Å². The summed E-state index contributed by atoms with van der Waals surface area (Å²) in [7, 11) is 4.19. The molecule has 0 atom stereocenters. The molecule has 0 saturated carbocycles. The molecule has 0 aliphatic carbocycles. The average molecular weight is 490 g/mol. The number of aromatic amines is 2. The van der Waals surface area contributed by atoms with E-state index in [0.717, 1.165) is 74.8 Å². The highest BCUT2D eigenvalue weighted by Crippen LogP contribution is 2.28. The summed E-state index contributed by atoms with van der Waals surface area (Å²) in [5.74, 6) is 0. The summed E-state index contributed by atoms with van der Waals surface area (Å²) < 4.78 is 0. The molecule has 186 valence electrons. The number of hydrogen-bond donors (Lipinski definition) is 2. The number of hydrogen-bond acceptors (Lipinski definition) is 5. The number of rotatable bonds is 8. The van der Waals surface area contributed by atoms with E-state index < -0.39 is 0 Å². The summed E-state index contributed by atoms with van der Waals surface area (Å²) in [6.45, 7) is 7.41. The van der Waals surface area contributed by atoms with E-state index in [4.69, 9.17) is 0 Å². The third-order valence-corrected chi connectivity index (χ3v) is 6.40. The van der Waals surface area contributed by atoms with Crippen molar-refractivity contribution >= 4 is 28.8 Å². The Hall–Kier alpha value is -4.36. The second-order valence-corrected chi connectivity index (χ2v) is 9.37. The van der Waals surface area contributed by atoms with Gasteiger partial charge >= 0.3 is 0 Å². The van der Waals surface area contributed by atoms with E-state index in [0.29, 0.717) is 0 Å². The quantitative estimate of drug-likeness (QED) is 0.341. The van der Waals surface area contributed by atoms with Gasteiger partial charge in [0, 0.05) is 41.0 Å². The maximum Gasteiger partial charge on any atom is 0.138 e. The molecule has 0 spiro atoms. The van der Waals surface area contributed by atoms with Crippen LogP contribution in [0.5, 0.6) is 0 Å². The number of aromatic nitrogens is 6. The Morgan fingerprint density at radius 1 is 1.08 bits per heavy atom. The molecule has 0 aliphatic rings. The van der Waals surface area contributed by atoms with Crippen molar-refractivity contribution in [3.8, 4) is 22.6 Å². The molecule has 0 radical (unpaired) electrons. The number of H-pyrrole nitrogens is 2. The molecule has 0 aromatic carbocycles. The smallest absolute Gasteiger partial charge is 0.138 e. The minimum Gasteiger partial charge on any atom is -0.338 e. The topological polar surface area (TPSA) is 86.4 Å². The van der Waals surface area contributed by atoms with Crippen LogP contribution in [0.25, 0.3) is 51.4 Å². The van der Waals surface area contributed by atoms with Gasteiger partial charge in [-0.3, -0.25) is 15.1 Å². The third kappa shape index (κ3) is 5.27. The molecule has 5 heterocycles. The van der Waals surface area contributed by atoms with Crippen LogP contribution >= 0.6 is 0 Å². The lowest BCUT2D eigenvalue weighted by Gasteiger charge is -2.09. The van der Waals surface area contributed by atoms with Crippen molar-refractivity contribution in [1.82, 2.24) is 35.0 Å². The summed E-state index contributed by atoms with van der Waals surface area (Å²) in [6.07, 6.45) is 13.6. The minimum absolute atomic E-state index is 0.794. The van der Waals surface area contributed by atoms with Crippen LogP contribution < -0.4 is 10.6 Å². The van der Waals surface area contributed by atoms with Crippen molar-refractivity contribution in [3.05, 3.63) is 89.5 Å². The Kier molecular flexibility index (Phi) is 7.05. The van der Waals surface area contributed by atoms with Gasteiger partial charge in [0.1, 0.15) is 11.3 Å². The standard InChI is InChI=1S/C30H31N7/c1-5-26-25(15-20(2)22-16-21(18-31-19-22)9-8-14-37(3)4)29(36-35-26)28-17-24-23(11-13-33-30(24)34-28)27-10-6-7-12-32-27/h5-7,10-13,15-19,35H,2,8-9,14H2,1,3-4H3,(H,33,34)/b25-15+,26-5+. The first-order chi connectivity index (χ1) is 18.0. The number of fused-ring (bicyclic) bond motifs is 1. The number of aryl methyl sites for hydroxylation is 1. The zero-order chi connectivity index (χ0) is 25.8. The normalized spacial score (nSPS) is 12.6. The van der Waals surface area contributed by atoms with Gasteiger partial charge in [-0.05, 0) is 93.5 Å². The molecule has 0 bridgehead atoms. The van der Waals surface area contributed by atoms with E-state index in [1.165, 1.54) is 5.56 Å². The molecule has 7 heteroatoms. The highest BCUT2D eigenvalue weighted by molar-refractivity contribution is 5.95. The van der Waals surface area contributed by atoms with E-state index in [9.17, 15) is 0 Å². The van der Waals surface area contributed by atoms with Crippen LogP contribution in [-0.4, -0.2) is 55.7 Å². The SMILES string of the molecule is C=C(/C=c1/c(-c2cc3c(-c4ccccn4)ccnc3[nH]2)n[nH]/c1=C/C)c1cncc(CCCN(C)C)c1. The molecular formula is C30H31N7. The van der Waals surface area contributed by atoms with Crippen molar-refractivity contribution in [2.75, 3.05) is 20.6 Å². The first-order valence-electron chi connectivity index (χ1n) is 12.4. The van der Waals surface area contributed by atoms with Gasteiger partial charge in [0.15, 0.2) is 0 Å². The molecule has 2 N–H and O–H groups in total. The van der Waals surface area contributed by atoms with Crippen LogP contribution in [0.2, 0.25) is 0 Å². The van der Waals surface area contributed by atoms with Crippen molar-refractivity contribution in [2.24, 2.45) is 0 Å². The molecule has 0 unspecified atom stereocenters. The predicted octanol–water partition coefficient (Wildman–Crippen LogP) is 4.20. The fourth-order valence-corrected chi connectivity index (χ4v) is 4.49. The number of allylic oxidation sites excluding steroid dienone is 1. The predicted molar refractivity (Wildman–Crippen MR) is 151 cm³/mol. The van der Waals surface area contributed by atoms with E-state index in [2.05, 4.69) is 73.9 Å². The molecule has 0 fully saturated rings. The monoisotopic (exact) mass is 489 g/mol. The van der Waals surface area contributed by atoms with E-state index in [-0.39, 0.29) is 0 Å². The molecule has 5 aromatic heterocycles. The average Bonchev–Trinajstić information content (AvgIpc) is 3.52. The maximum absolute atomic E-state index is 4.65. The Morgan fingerprint density at radius 2 is 1.97 bits per heavy atom. The molecule has 0 saturated heterocycles. The summed E-state index contributed by atoms with van der Waals surface area (Å²) in [6, 6.07) is 12.2. The van der Waals surface area contributed by atoms with Crippen LogP contribution in [0, 0.1) is 0 Å². The van der Waals surface area contributed by atoms with Crippen molar-refractivity contribution in [3.63, 3.8) is 0 Å². The van der Waals surface area contributed by atoms with Gasteiger partial charge < -0.3 is 9.88 Å². The Morgan fingerprint density at radius 3 is 2.76 bits per heavy atom. The van der Waals surface area contributed by atoms with Gasteiger partial charge in [-0.1, -0.05) is 18.7 Å². The highest BCUT2D eigenvalue weighted by atomic mass is 15.1. The van der Waals surface area contributed by atoms with Gasteiger partial charge in [-0.2, -0.15) is 5.10 Å². The summed E-state index contributed by atoms with van der Waals surface area (Å²) >= 11 is 0. The van der Waals surface area contributed by atoms with E-state index in [1.54, 1.807) is 12.4 Å². The number of nitrogens with zero attached hydrogens (tertiary/aromatic N) is 5. The maximum atomic E-state index is 4.65. The van der Waals surface area contributed by atoms with Crippen LogP contribution in [0.15, 0.2) is 67.8 Å². The molecule has 7 nitrogen and oxygen atoms in total. The molecule has 0 aliphatic heterocycles. The largest absolute Gasteiger partial charge is 0.338 e. The van der Waals surface area contributed by atoms with Crippen molar-refractivity contribution in [1.29, 1.82) is 0 Å². The van der Waals surface area contributed by atoms with Gasteiger partial charge in [-0.15, -0.1) is 0 Å². The first kappa shape index (κ1) is 24.3.